The van der Waals surface area contributed by atoms with Gasteiger partial charge in [-0.3, -0.25) is 4.98 Å². The number of pyridine rings is 2. The van der Waals surface area contributed by atoms with Crippen LogP contribution in [-0.4, -0.2) is 17.1 Å². The molecular formula is C22H16ClF2N3O. The maximum Gasteiger partial charge on any atom is 0.184 e. The van der Waals surface area contributed by atoms with Crippen molar-refractivity contribution in [2.75, 3.05) is 12.0 Å². The Hall–Kier alpha value is -3.25. The van der Waals surface area contributed by atoms with Gasteiger partial charge in [0.25, 0.3) is 0 Å². The number of anilines is 2. The normalized spacial score (nSPS) is 10.9. The average Bonchev–Trinajstić information content (AvgIpc) is 2.75. The van der Waals surface area contributed by atoms with Crippen LogP contribution < -0.4 is 9.64 Å². The van der Waals surface area contributed by atoms with Crippen molar-refractivity contribution in [1.29, 1.82) is 0 Å². The van der Waals surface area contributed by atoms with Gasteiger partial charge in [-0.1, -0.05) is 17.7 Å². The minimum atomic E-state index is -0.964. The van der Waals surface area contributed by atoms with Crippen LogP contribution in [0.5, 0.6) is 5.75 Å². The lowest BCUT2D eigenvalue weighted by Crippen LogP contribution is -2.19. The third kappa shape index (κ3) is 3.71. The van der Waals surface area contributed by atoms with Gasteiger partial charge >= 0.3 is 0 Å². The van der Waals surface area contributed by atoms with E-state index in [1.165, 1.54) is 12.3 Å². The number of ether oxygens (including phenoxy) is 1. The third-order valence-electron chi connectivity index (χ3n) is 4.57. The minimum absolute atomic E-state index is 0.0125. The molecule has 0 aliphatic rings. The molecule has 0 aliphatic carbocycles. The van der Waals surface area contributed by atoms with Gasteiger partial charge in [-0.15, -0.1) is 0 Å². The van der Waals surface area contributed by atoms with Gasteiger partial charge < -0.3 is 9.64 Å². The maximum absolute atomic E-state index is 14.2. The van der Waals surface area contributed by atoms with Crippen LogP contribution in [0, 0.1) is 11.6 Å². The van der Waals surface area contributed by atoms with Gasteiger partial charge in [0, 0.05) is 28.5 Å². The molecule has 2 aromatic carbocycles. The number of methoxy groups -OCH3 is 1. The molecule has 146 valence electrons. The first kappa shape index (κ1) is 19.1. The lowest BCUT2D eigenvalue weighted by atomic mass is 10.1. The van der Waals surface area contributed by atoms with Crippen LogP contribution >= 0.6 is 11.6 Å². The SMILES string of the molecule is COc1cccnc1N(Cc1ccnc2c(F)c(F)ccc12)c1cccc(Cl)c1. The first-order chi connectivity index (χ1) is 14.1. The van der Waals surface area contributed by atoms with E-state index in [4.69, 9.17) is 16.3 Å². The molecule has 0 N–H and O–H groups in total. The monoisotopic (exact) mass is 411 g/mol. The highest BCUT2D eigenvalue weighted by Gasteiger charge is 2.19. The van der Waals surface area contributed by atoms with E-state index in [0.29, 0.717) is 28.5 Å². The number of hydrogen-bond acceptors (Lipinski definition) is 4. The highest BCUT2D eigenvalue weighted by atomic mass is 35.5. The van der Waals surface area contributed by atoms with Gasteiger partial charge in [0.15, 0.2) is 23.2 Å². The van der Waals surface area contributed by atoms with Gasteiger partial charge in [0.2, 0.25) is 0 Å². The summed E-state index contributed by atoms with van der Waals surface area (Å²) in [5.41, 5.74) is 1.52. The van der Waals surface area contributed by atoms with Gasteiger partial charge in [-0.25, -0.2) is 13.8 Å². The Labute approximate surface area is 171 Å². The maximum atomic E-state index is 14.2. The zero-order valence-electron chi connectivity index (χ0n) is 15.4. The molecule has 0 radical (unpaired) electrons. The van der Waals surface area contributed by atoms with Crippen LogP contribution in [0.15, 0.2) is 67.0 Å². The summed E-state index contributed by atoms with van der Waals surface area (Å²) >= 11 is 6.21. The van der Waals surface area contributed by atoms with Gasteiger partial charge in [0.05, 0.1) is 13.7 Å². The summed E-state index contributed by atoms with van der Waals surface area (Å²) < 4.78 is 33.4. The molecule has 4 rings (SSSR count). The molecule has 7 heteroatoms. The summed E-state index contributed by atoms with van der Waals surface area (Å²) in [5, 5.41) is 1.09. The van der Waals surface area contributed by atoms with Crippen LogP contribution in [0.3, 0.4) is 0 Å². The second kappa shape index (κ2) is 8.01. The van der Waals surface area contributed by atoms with Gasteiger partial charge in [-0.05, 0) is 54.1 Å². The molecule has 29 heavy (non-hydrogen) atoms. The lowest BCUT2D eigenvalue weighted by Gasteiger charge is -2.26. The first-order valence-electron chi connectivity index (χ1n) is 8.82. The summed E-state index contributed by atoms with van der Waals surface area (Å²) in [6.07, 6.45) is 3.13. The van der Waals surface area contributed by atoms with Crippen LogP contribution in [0.2, 0.25) is 5.02 Å². The van der Waals surface area contributed by atoms with E-state index in [0.717, 1.165) is 17.3 Å². The number of rotatable bonds is 5. The van der Waals surface area contributed by atoms with E-state index in [9.17, 15) is 8.78 Å². The van der Waals surface area contributed by atoms with Gasteiger partial charge in [0.1, 0.15) is 5.52 Å². The Morgan fingerprint density at radius 1 is 1.00 bits per heavy atom. The molecule has 0 bridgehead atoms. The average molecular weight is 412 g/mol. The largest absolute Gasteiger partial charge is 0.493 e. The predicted molar refractivity (Wildman–Crippen MR) is 110 cm³/mol. The number of halogens is 3. The fourth-order valence-electron chi connectivity index (χ4n) is 3.20. The van der Waals surface area contributed by atoms with E-state index in [-0.39, 0.29) is 5.52 Å². The molecule has 0 atom stereocenters. The number of fused-ring (bicyclic) bond motifs is 1. The molecule has 0 saturated heterocycles. The number of nitrogens with zero attached hydrogens (tertiary/aromatic N) is 3. The predicted octanol–water partition coefficient (Wildman–Crippen LogP) is 5.91. The molecule has 4 nitrogen and oxygen atoms in total. The Morgan fingerprint density at radius 2 is 1.86 bits per heavy atom. The molecule has 2 aromatic heterocycles. The third-order valence-corrected chi connectivity index (χ3v) is 4.80. The van der Waals surface area contributed by atoms with E-state index >= 15 is 0 Å². The Balaban J connectivity index is 1.87. The topological polar surface area (TPSA) is 38.2 Å². The second-order valence-corrected chi connectivity index (χ2v) is 6.76. The Morgan fingerprint density at radius 3 is 2.66 bits per heavy atom. The molecule has 0 aliphatic heterocycles. The fourth-order valence-corrected chi connectivity index (χ4v) is 3.39. The zero-order valence-corrected chi connectivity index (χ0v) is 16.2. The molecule has 0 spiro atoms. The van der Waals surface area contributed by atoms with E-state index in [2.05, 4.69) is 9.97 Å². The van der Waals surface area contributed by atoms with Crippen LogP contribution in [-0.2, 0) is 6.54 Å². The van der Waals surface area contributed by atoms with E-state index in [1.807, 2.05) is 17.0 Å². The summed E-state index contributed by atoms with van der Waals surface area (Å²) in [6.45, 7) is 0.317. The number of aromatic nitrogens is 2. The van der Waals surface area contributed by atoms with E-state index in [1.54, 1.807) is 43.6 Å². The zero-order chi connectivity index (χ0) is 20.4. The van der Waals surface area contributed by atoms with Crippen molar-refractivity contribution < 1.29 is 13.5 Å². The summed E-state index contributed by atoms with van der Waals surface area (Å²) in [7, 11) is 1.57. The van der Waals surface area contributed by atoms with Crippen molar-refractivity contribution in [3.63, 3.8) is 0 Å². The van der Waals surface area contributed by atoms with Crippen molar-refractivity contribution >= 4 is 34.0 Å². The van der Waals surface area contributed by atoms with Crippen LogP contribution in [0.1, 0.15) is 5.56 Å². The molecule has 4 aromatic rings. The summed E-state index contributed by atoms with van der Waals surface area (Å²) in [5.74, 6) is -0.748. The van der Waals surface area contributed by atoms with E-state index < -0.39 is 11.6 Å². The minimum Gasteiger partial charge on any atom is -0.493 e. The first-order valence-corrected chi connectivity index (χ1v) is 9.20. The highest BCUT2D eigenvalue weighted by molar-refractivity contribution is 6.30. The molecular weight excluding hydrogens is 396 g/mol. The molecule has 0 fully saturated rings. The smallest absolute Gasteiger partial charge is 0.184 e. The standard InChI is InChI=1S/C22H16ClF2N3O/c1-29-19-6-3-10-27-22(19)28(16-5-2-4-15(23)12-16)13-14-9-11-26-21-17(14)7-8-18(24)20(21)25/h2-12H,13H2,1H3. The van der Waals surface area contributed by atoms with Crippen molar-refractivity contribution in [3.8, 4) is 5.75 Å². The molecule has 2 heterocycles. The second-order valence-electron chi connectivity index (χ2n) is 6.32. The number of hydrogen-bond donors (Lipinski definition) is 0. The summed E-state index contributed by atoms with van der Waals surface area (Å²) in [4.78, 5) is 10.4. The summed E-state index contributed by atoms with van der Waals surface area (Å²) in [6, 6.07) is 15.3. The Bertz CT molecular complexity index is 1190. The quantitative estimate of drug-likeness (QED) is 0.409. The number of benzene rings is 2. The molecule has 0 saturated carbocycles. The van der Waals surface area contributed by atoms with Crippen molar-refractivity contribution in [2.24, 2.45) is 0 Å². The molecule has 0 amide bonds. The Kier molecular flexibility index (Phi) is 5.27. The lowest BCUT2D eigenvalue weighted by molar-refractivity contribution is 0.413. The fraction of sp³-hybridized carbons (Fsp3) is 0.0909. The van der Waals surface area contributed by atoms with Crippen molar-refractivity contribution in [2.45, 2.75) is 6.54 Å². The van der Waals surface area contributed by atoms with Crippen LogP contribution in [0.4, 0.5) is 20.3 Å². The van der Waals surface area contributed by atoms with Crippen molar-refractivity contribution in [3.05, 3.63) is 89.2 Å². The van der Waals surface area contributed by atoms with Crippen LogP contribution in [0.25, 0.3) is 10.9 Å². The van der Waals surface area contributed by atoms with Crippen molar-refractivity contribution in [1.82, 2.24) is 9.97 Å². The highest BCUT2D eigenvalue weighted by Crippen LogP contribution is 2.35. The van der Waals surface area contributed by atoms with Gasteiger partial charge in [-0.2, -0.15) is 0 Å². The molecule has 0 unspecified atom stereocenters.